The molecule has 0 bridgehead atoms. The number of likely N-dealkylation sites (N-methyl/N-ethyl adjacent to an activating group) is 1. The zero-order valence-electron chi connectivity index (χ0n) is 65.3. The Kier molecular flexibility index (Phi) is 75.3. The first-order chi connectivity index (χ1) is 49.0. The minimum absolute atomic E-state index is 0.0460. The van der Waals surface area contributed by atoms with Crippen molar-refractivity contribution in [3.05, 3.63) is 158 Å². The summed E-state index contributed by atoms with van der Waals surface area (Å²) >= 11 is 0. The molecule has 572 valence electrons. The third kappa shape index (κ3) is 82.6. The van der Waals surface area contributed by atoms with Gasteiger partial charge in [-0.15, -0.1) is 0 Å². The Labute approximate surface area is 617 Å². The highest BCUT2D eigenvalue weighted by Crippen LogP contribution is 2.38. The van der Waals surface area contributed by atoms with Gasteiger partial charge in [-0.25, -0.2) is 0 Å². The van der Waals surface area contributed by atoms with Gasteiger partial charge in [0.05, 0.1) is 27.7 Å². The van der Waals surface area contributed by atoms with Crippen molar-refractivity contribution in [2.75, 3.05) is 47.5 Å². The van der Waals surface area contributed by atoms with Gasteiger partial charge in [-0.05, 0) is 128 Å². The molecule has 9 nitrogen and oxygen atoms in total. The molecule has 0 aliphatic rings. The van der Waals surface area contributed by atoms with Crippen molar-refractivity contribution < 1.29 is 42.1 Å². The predicted octanol–water partition coefficient (Wildman–Crippen LogP) is 27.2. The zero-order chi connectivity index (χ0) is 72.5. The van der Waals surface area contributed by atoms with Crippen molar-refractivity contribution in [3.8, 4) is 0 Å². The first kappa shape index (κ1) is 95.6. The number of unbranched alkanes of at least 4 members (excludes halogenated alkanes) is 35. The van der Waals surface area contributed by atoms with Crippen LogP contribution in [0.2, 0.25) is 0 Å². The molecule has 0 aromatic heterocycles. The maximum absolute atomic E-state index is 12.9. The summed E-state index contributed by atoms with van der Waals surface area (Å²) in [5.74, 6) is -0.883. The fourth-order valence-electron chi connectivity index (χ4n) is 11.3. The molecule has 100 heavy (non-hydrogen) atoms. The van der Waals surface area contributed by atoms with Crippen molar-refractivity contribution in [2.24, 2.45) is 0 Å². The second-order valence-electron chi connectivity index (χ2n) is 28.4. The van der Waals surface area contributed by atoms with Crippen LogP contribution < -0.4 is 4.89 Å². The van der Waals surface area contributed by atoms with E-state index in [4.69, 9.17) is 18.5 Å². The number of carbonyl (C=O) groups excluding carboxylic acids is 2. The normalized spacial score (nSPS) is 13.9. The minimum Gasteiger partial charge on any atom is -0.756 e. The van der Waals surface area contributed by atoms with E-state index in [1.54, 1.807) is 0 Å². The zero-order valence-corrected chi connectivity index (χ0v) is 66.2. The standard InChI is InChI=1S/C90H154NO8P/c1-6-8-10-12-14-16-18-20-22-24-26-28-30-32-34-36-38-40-42-44-45-47-49-51-53-55-57-59-61-63-65-67-69-71-73-75-77-79-81-83-90(93)99-88(87-98-100(94,95)97-85-84-91(3,4)5)86-96-89(92)82-80-78-76-74-72-70-68-66-64-62-60-58-56-54-52-50-48-46-43-41-39-37-35-33-31-29-27-25-23-21-19-17-15-13-11-9-7-2/h8,10,14,16,20,22,25-28,32,34,38,40,44-45,49,51,55,57,61,63,67,69,73,75,88H,6-7,9,11-13,15,17-19,21,23-24,29-31,33,35-37,39,41-43,46-48,50,52-54,56,58-60,62,64-66,68,70-72,74,76-87H2,1-5H3/b10-8-,16-14-,22-20-,27-25-,28-26-,34-32-,40-38-,45-44-,51-49-,57-55-,63-61-,69-67-,75-73-. The molecule has 0 radical (unpaired) electrons. The van der Waals surface area contributed by atoms with Gasteiger partial charge in [0, 0.05) is 12.8 Å². The molecular formula is C90H154NO8P. The lowest BCUT2D eigenvalue weighted by atomic mass is 10.0. The Morgan fingerprint density at radius 1 is 0.320 bits per heavy atom. The topological polar surface area (TPSA) is 111 Å². The lowest BCUT2D eigenvalue weighted by Gasteiger charge is -2.28. The van der Waals surface area contributed by atoms with Crippen LogP contribution in [0.3, 0.4) is 0 Å². The summed E-state index contributed by atoms with van der Waals surface area (Å²) in [4.78, 5) is 38.2. The van der Waals surface area contributed by atoms with Crippen molar-refractivity contribution in [1.82, 2.24) is 0 Å². The number of rotatable bonds is 75. The molecule has 0 saturated heterocycles. The summed E-state index contributed by atoms with van der Waals surface area (Å²) < 4.78 is 34.3. The second kappa shape index (κ2) is 78.8. The van der Waals surface area contributed by atoms with E-state index in [0.29, 0.717) is 17.4 Å². The van der Waals surface area contributed by atoms with Crippen molar-refractivity contribution in [3.63, 3.8) is 0 Å². The smallest absolute Gasteiger partial charge is 0.306 e. The van der Waals surface area contributed by atoms with Crippen molar-refractivity contribution in [1.29, 1.82) is 0 Å². The number of quaternary nitrogens is 1. The summed E-state index contributed by atoms with van der Waals surface area (Å²) in [6, 6.07) is 0. The van der Waals surface area contributed by atoms with Crippen LogP contribution in [0.1, 0.15) is 348 Å². The minimum atomic E-state index is -4.67. The van der Waals surface area contributed by atoms with E-state index in [9.17, 15) is 19.0 Å². The molecule has 2 unspecified atom stereocenters. The van der Waals surface area contributed by atoms with Crippen molar-refractivity contribution in [2.45, 2.75) is 354 Å². The first-order valence-electron chi connectivity index (χ1n) is 41.2. The Morgan fingerprint density at radius 3 is 0.880 bits per heavy atom. The van der Waals surface area contributed by atoms with E-state index in [0.717, 1.165) is 109 Å². The van der Waals surface area contributed by atoms with Gasteiger partial charge in [-0.3, -0.25) is 14.2 Å². The molecule has 0 aliphatic heterocycles. The van der Waals surface area contributed by atoms with E-state index in [1.165, 1.54) is 205 Å². The number of phosphoric ester groups is 1. The molecular weight excluding hydrogens is 1250 g/mol. The molecule has 0 spiro atoms. The van der Waals surface area contributed by atoms with Crippen LogP contribution in [0.4, 0.5) is 0 Å². The summed E-state index contributed by atoms with van der Waals surface area (Å²) in [6.07, 6.45) is 118. The number of carbonyl (C=O) groups is 2. The quantitative estimate of drug-likeness (QED) is 0.0195. The van der Waals surface area contributed by atoms with E-state index < -0.39 is 32.5 Å². The van der Waals surface area contributed by atoms with Crippen LogP contribution in [-0.2, 0) is 32.7 Å². The molecule has 0 amide bonds. The Hall–Kier alpha value is -4.37. The summed E-state index contributed by atoms with van der Waals surface area (Å²) in [6.45, 7) is 4.10. The van der Waals surface area contributed by atoms with Crippen molar-refractivity contribution >= 4 is 19.8 Å². The molecule has 0 rings (SSSR count). The van der Waals surface area contributed by atoms with Gasteiger partial charge in [0.25, 0.3) is 7.82 Å². The number of nitrogens with zero attached hydrogens (tertiary/aromatic N) is 1. The van der Waals surface area contributed by atoms with Crippen LogP contribution in [0.5, 0.6) is 0 Å². The first-order valence-corrected chi connectivity index (χ1v) is 42.7. The van der Waals surface area contributed by atoms with Gasteiger partial charge in [-0.2, -0.15) is 0 Å². The van der Waals surface area contributed by atoms with E-state index in [2.05, 4.69) is 172 Å². The Bertz CT molecular complexity index is 2250. The van der Waals surface area contributed by atoms with Gasteiger partial charge in [0.2, 0.25) is 0 Å². The lowest BCUT2D eigenvalue weighted by Crippen LogP contribution is -2.37. The van der Waals surface area contributed by atoms with Crippen LogP contribution in [-0.4, -0.2) is 70.0 Å². The summed E-state index contributed by atoms with van der Waals surface area (Å²) in [5, 5.41) is 0. The monoisotopic (exact) mass is 1410 g/mol. The fourth-order valence-corrected chi connectivity index (χ4v) is 12.0. The van der Waals surface area contributed by atoms with Gasteiger partial charge in [0.1, 0.15) is 19.8 Å². The third-order valence-corrected chi connectivity index (χ3v) is 18.5. The van der Waals surface area contributed by atoms with E-state index in [1.807, 2.05) is 21.1 Å². The highest BCUT2D eigenvalue weighted by atomic mass is 31.2. The number of phosphoric acid groups is 1. The molecule has 0 aliphatic carbocycles. The van der Waals surface area contributed by atoms with E-state index >= 15 is 0 Å². The maximum Gasteiger partial charge on any atom is 0.306 e. The van der Waals surface area contributed by atoms with Gasteiger partial charge >= 0.3 is 11.9 Å². The molecule has 0 aromatic carbocycles. The van der Waals surface area contributed by atoms with Crippen LogP contribution in [0, 0.1) is 0 Å². The third-order valence-electron chi connectivity index (χ3n) is 17.5. The highest BCUT2D eigenvalue weighted by molar-refractivity contribution is 7.45. The summed E-state index contributed by atoms with van der Waals surface area (Å²) in [5.41, 5.74) is 0. The van der Waals surface area contributed by atoms with Crippen LogP contribution >= 0.6 is 7.82 Å². The van der Waals surface area contributed by atoms with Crippen LogP contribution in [0.15, 0.2) is 158 Å². The predicted molar refractivity (Wildman–Crippen MR) is 434 cm³/mol. The van der Waals surface area contributed by atoms with Gasteiger partial charge in [0.15, 0.2) is 6.10 Å². The number of hydrogen-bond acceptors (Lipinski definition) is 8. The van der Waals surface area contributed by atoms with E-state index in [-0.39, 0.29) is 26.1 Å². The lowest BCUT2D eigenvalue weighted by molar-refractivity contribution is -0.870. The molecule has 0 aromatic rings. The highest BCUT2D eigenvalue weighted by Gasteiger charge is 2.22. The molecule has 0 fully saturated rings. The molecule has 0 saturated carbocycles. The fraction of sp³-hybridized carbons (Fsp3) is 0.689. The van der Waals surface area contributed by atoms with Gasteiger partial charge in [-0.1, -0.05) is 364 Å². The Morgan fingerprint density at radius 2 is 0.570 bits per heavy atom. The average Bonchev–Trinajstić information content (AvgIpc) is 1.07. The summed E-state index contributed by atoms with van der Waals surface area (Å²) in [7, 11) is 1.13. The maximum atomic E-state index is 12.9. The average molecular weight is 1410 g/mol. The number of hydrogen-bond donors (Lipinski definition) is 0. The number of allylic oxidation sites excluding steroid dienone is 26. The number of ether oxygens (including phenoxy) is 2. The molecule has 0 heterocycles. The Balaban J connectivity index is 4.07. The SMILES string of the molecule is CC/C=C\C/C=C\C/C=C\C/C=C\C/C=C\C/C=C\C/C=C\C/C=C\C/C=C\C/C=C\C/C=C\C/C=C\CCCCC(=O)OC(COC(=O)CCCCCCCCCCCCCCCCCCCCCCCCCCC/C=C\CCCCCCCCCC)COP(=O)([O-])OCC[N+](C)(C)C. The molecule has 10 heteroatoms. The van der Waals surface area contributed by atoms with Gasteiger partial charge < -0.3 is 27.9 Å². The second-order valence-corrected chi connectivity index (χ2v) is 29.8. The molecule has 2 atom stereocenters. The number of esters is 2. The van der Waals surface area contributed by atoms with Crippen LogP contribution in [0.25, 0.3) is 0 Å². The molecule has 0 N–H and O–H groups in total. The largest absolute Gasteiger partial charge is 0.756 e.